The van der Waals surface area contributed by atoms with E-state index in [1.807, 2.05) is 0 Å². The second-order valence-corrected chi connectivity index (χ2v) is 4.75. The van der Waals surface area contributed by atoms with Gasteiger partial charge < -0.3 is 13.8 Å². The molecule has 0 amide bonds. The molecule has 67 valence electrons. The minimum absolute atomic E-state index is 0.946. The third-order valence-corrected chi connectivity index (χ3v) is 3.11. The maximum absolute atomic E-state index is 5.14. The molecule has 4 heteroatoms. The second-order valence-electron chi connectivity index (χ2n) is 2.69. The molecule has 0 unspecified atom stereocenters. The Bertz CT molecular complexity index is 86.5. The van der Waals surface area contributed by atoms with Gasteiger partial charge in [0, 0.05) is 14.2 Å². The van der Waals surface area contributed by atoms with Crippen LogP contribution in [0.15, 0.2) is 0 Å². The Labute approximate surface area is 71.1 Å². The molecule has 0 atom stereocenters. The summed E-state index contributed by atoms with van der Waals surface area (Å²) in [6.45, 7) is 1.11. The molecule has 0 aromatic carbocycles. The van der Waals surface area contributed by atoms with Gasteiger partial charge in [0.05, 0.1) is 0 Å². The minimum atomic E-state index is -0.946. The molecular formula is C7H18NO2Si. The van der Waals surface area contributed by atoms with Gasteiger partial charge in [0.25, 0.3) is 0 Å². The van der Waals surface area contributed by atoms with Crippen LogP contribution in [-0.2, 0) is 8.85 Å². The highest BCUT2D eigenvalue weighted by molar-refractivity contribution is 6.44. The van der Waals surface area contributed by atoms with Gasteiger partial charge >= 0.3 is 9.28 Å². The highest BCUT2D eigenvalue weighted by Gasteiger charge is 2.10. The van der Waals surface area contributed by atoms with Gasteiger partial charge in [-0.05, 0) is 33.1 Å². The Hall–Kier alpha value is 0.0969. The average molecular weight is 176 g/mol. The topological polar surface area (TPSA) is 21.7 Å². The van der Waals surface area contributed by atoms with Crippen molar-refractivity contribution in [1.82, 2.24) is 4.90 Å². The SMILES string of the molecule is CO[Si](CCCN(C)C)OC. The zero-order chi connectivity index (χ0) is 8.69. The Morgan fingerprint density at radius 3 is 2.09 bits per heavy atom. The van der Waals surface area contributed by atoms with Crippen LogP contribution in [0.25, 0.3) is 0 Å². The average Bonchev–Trinajstić information content (AvgIpc) is 1.98. The molecule has 11 heavy (non-hydrogen) atoms. The fourth-order valence-electron chi connectivity index (χ4n) is 0.827. The molecule has 0 bridgehead atoms. The van der Waals surface area contributed by atoms with Gasteiger partial charge in [-0.25, -0.2) is 0 Å². The van der Waals surface area contributed by atoms with E-state index >= 15 is 0 Å². The summed E-state index contributed by atoms with van der Waals surface area (Å²) in [7, 11) is 6.64. The monoisotopic (exact) mass is 176 g/mol. The standard InChI is InChI=1S/C7H18NO2Si/c1-8(2)6-5-7-11(9-3)10-4/h5-7H2,1-4H3. The lowest BCUT2D eigenvalue weighted by Gasteiger charge is -2.11. The molecule has 0 spiro atoms. The predicted octanol–water partition coefficient (Wildman–Crippen LogP) is 0.719. The lowest BCUT2D eigenvalue weighted by Crippen LogP contribution is -2.21. The van der Waals surface area contributed by atoms with Gasteiger partial charge in [-0.3, -0.25) is 0 Å². The van der Waals surface area contributed by atoms with Gasteiger partial charge in [0.1, 0.15) is 0 Å². The van der Waals surface area contributed by atoms with Gasteiger partial charge in [-0.2, -0.15) is 0 Å². The summed E-state index contributed by atoms with van der Waals surface area (Å²) < 4.78 is 10.3. The van der Waals surface area contributed by atoms with Crippen LogP contribution in [0, 0.1) is 0 Å². The van der Waals surface area contributed by atoms with E-state index in [0.29, 0.717) is 0 Å². The quantitative estimate of drug-likeness (QED) is 0.557. The van der Waals surface area contributed by atoms with Crippen LogP contribution < -0.4 is 0 Å². The molecule has 0 fully saturated rings. The first-order chi connectivity index (χ1) is 5.20. The zero-order valence-electron chi connectivity index (χ0n) is 7.89. The summed E-state index contributed by atoms with van der Waals surface area (Å²) in [5, 5.41) is 0. The lowest BCUT2D eigenvalue weighted by molar-refractivity contribution is 0.274. The van der Waals surface area contributed by atoms with Crippen molar-refractivity contribution in [2.75, 3.05) is 34.9 Å². The summed E-state index contributed by atoms with van der Waals surface area (Å²) >= 11 is 0. The highest BCUT2D eigenvalue weighted by atomic mass is 28.3. The maximum atomic E-state index is 5.14. The first kappa shape index (κ1) is 11.1. The Morgan fingerprint density at radius 2 is 1.73 bits per heavy atom. The molecule has 3 nitrogen and oxygen atoms in total. The van der Waals surface area contributed by atoms with Crippen LogP contribution in [0.2, 0.25) is 6.04 Å². The number of hydrogen-bond donors (Lipinski definition) is 0. The largest absolute Gasteiger partial charge is 0.397 e. The molecular weight excluding hydrogens is 158 g/mol. The summed E-state index contributed by atoms with van der Waals surface area (Å²) in [6, 6.07) is 1.07. The zero-order valence-corrected chi connectivity index (χ0v) is 8.89. The van der Waals surface area contributed by atoms with Crippen molar-refractivity contribution in [2.24, 2.45) is 0 Å². The van der Waals surface area contributed by atoms with Crippen molar-refractivity contribution < 1.29 is 8.85 Å². The van der Waals surface area contributed by atoms with Crippen LogP contribution >= 0.6 is 0 Å². The van der Waals surface area contributed by atoms with Crippen LogP contribution in [0.3, 0.4) is 0 Å². The van der Waals surface area contributed by atoms with Crippen LogP contribution in [0.4, 0.5) is 0 Å². The third-order valence-electron chi connectivity index (χ3n) is 1.44. The van der Waals surface area contributed by atoms with Crippen molar-refractivity contribution in [3.8, 4) is 0 Å². The Morgan fingerprint density at radius 1 is 1.18 bits per heavy atom. The van der Waals surface area contributed by atoms with E-state index in [2.05, 4.69) is 19.0 Å². The van der Waals surface area contributed by atoms with E-state index < -0.39 is 9.28 Å². The van der Waals surface area contributed by atoms with E-state index in [9.17, 15) is 0 Å². The molecule has 0 saturated heterocycles. The third kappa shape index (κ3) is 6.49. The van der Waals surface area contributed by atoms with Crippen molar-refractivity contribution in [2.45, 2.75) is 12.5 Å². The summed E-state index contributed by atoms with van der Waals surface area (Å²) in [5.74, 6) is 0. The molecule has 1 radical (unpaired) electrons. The van der Waals surface area contributed by atoms with Gasteiger partial charge in [0.2, 0.25) is 0 Å². The second kappa shape index (κ2) is 6.79. The van der Waals surface area contributed by atoms with Crippen LogP contribution in [0.1, 0.15) is 6.42 Å². The fraction of sp³-hybridized carbons (Fsp3) is 1.00. The highest BCUT2D eigenvalue weighted by Crippen LogP contribution is 1.99. The van der Waals surface area contributed by atoms with E-state index in [4.69, 9.17) is 8.85 Å². The van der Waals surface area contributed by atoms with Crippen LogP contribution in [-0.4, -0.2) is 49.0 Å². The first-order valence-electron chi connectivity index (χ1n) is 3.79. The van der Waals surface area contributed by atoms with Gasteiger partial charge in [-0.15, -0.1) is 0 Å². The summed E-state index contributed by atoms with van der Waals surface area (Å²) in [4.78, 5) is 2.17. The molecule has 0 saturated carbocycles. The molecule has 0 aliphatic heterocycles. The number of rotatable bonds is 6. The summed E-state index contributed by atoms with van der Waals surface area (Å²) in [5.41, 5.74) is 0. The van der Waals surface area contributed by atoms with Crippen molar-refractivity contribution in [1.29, 1.82) is 0 Å². The maximum Gasteiger partial charge on any atom is 0.384 e. The Balaban J connectivity index is 3.21. The van der Waals surface area contributed by atoms with Gasteiger partial charge in [-0.1, -0.05) is 0 Å². The first-order valence-corrected chi connectivity index (χ1v) is 5.31. The van der Waals surface area contributed by atoms with E-state index in [-0.39, 0.29) is 0 Å². The predicted molar refractivity (Wildman–Crippen MR) is 47.8 cm³/mol. The van der Waals surface area contributed by atoms with E-state index in [0.717, 1.165) is 19.0 Å². The van der Waals surface area contributed by atoms with Crippen molar-refractivity contribution >= 4 is 9.28 Å². The number of hydrogen-bond acceptors (Lipinski definition) is 3. The van der Waals surface area contributed by atoms with E-state index in [1.165, 1.54) is 0 Å². The Kier molecular flexibility index (Phi) is 6.85. The number of nitrogens with zero attached hydrogens (tertiary/aromatic N) is 1. The van der Waals surface area contributed by atoms with E-state index in [1.54, 1.807) is 14.2 Å². The molecule has 0 aliphatic rings. The minimum Gasteiger partial charge on any atom is -0.397 e. The molecule has 0 N–H and O–H groups in total. The molecule has 0 aromatic rings. The molecule has 0 heterocycles. The van der Waals surface area contributed by atoms with Gasteiger partial charge in [0.15, 0.2) is 0 Å². The van der Waals surface area contributed by atoms with Crippen LogP contribution in [0.5, 0.6) is 0 Å². The molecule has 0 aromatic heterocycles. The van der Waals surface area contributed by atoms with Crippen molar-refractivity contribution in [3.05, 3.63) is 0 Å². The lowest BCUT2D eigenvalue weighted by atomic mass is 10.5. The fourth-order valence-corrected chi connectivity index (χ4v) is 1.85. The summed E-state index contributed by atoms with van der Waals surface area (Å²) in [6.07, 6.45) is 1.16. The normalized spacial score (nSPS) is 11.5. The smallest absolute Gasteiger partial charge is 0.384 e. The molecule has 0 rings (SSSR count). The molecule has 0 aliphatic carbocycles. The van der Waals surface area contributed by atoms with Crippen molar-refractivity contribution in [3.63, 3.8) is 0 Å².